The van der Waals surface area contributed by atoms with Crippen LogP contribution in [0.1, 0.15) is 16.8 Å². The summed E-state index contributed by atoms with van der Waals surface area (Å²) in [6.45, 7) is 1.12. The van der Waals surface area contributed by atoms with Crippen LogP contribution in [0.25, 0.3) is 10.8 Å². The molecule has 2 heterocycles. The van der Waals surface area contributed by atoms with Crippen LogP contribution in [0.3, 0.4) is 0 Å². The maximum atomic E-state index is 12.8. The highest BCUT2D eigenvalue weighted by Gasteiger charge is 2.28. The summed E-state index contributed by atoms with van der Waals surface area (Å²) in [4.78, 5) is 17.8. The van der Waals surface area contributed by atoms with E-state index in [1.807, 2.05) is 29.2 Å². The third kappa shape index (κ3) is 4.07. The molecule has 29 heavy (non-hydrogen) atoms. The number of hydroxylamine groups is 1. The average molecular weight is 412 g/mol. The quantitative estimate of drug-likeness (QED) is 0.436. The summed E-state index contributed by atoms with van der Waals surface area (Å²) in [7, 11) is -3.64. The summed E-state index contributed by atoms with van der Waals surface area (Å²) in [5.41, 5.74) is 1.80. The molecule has 9 heteroatoms. The van der Waals surface area contributed by atoms with Gasteiger partial charge >= 0.3 is 0 Å². The zero-order chi connectivity index (χ0) is 20.4. The van der Waals surface area contributed by atoms with Crippen LogP contribution < -0.4 is 15.1 Å². The highest BCUT2D eigenvalue weighted by Crippen LogP contribution is 2.22. The number of carbonyl (C=O) groups is 1. The lowest BCUT2D eigenvalue weighted by molar-refractivity contribution is 0.0706. The first-order chi connectivity index (χ1) is 14.0. The first-order valence-electron chi connectivity index (χ1n) is 9.13. The van der Waals surface area contributed by atoms with Crippen LogP contribution in [0.5, 0.6) is 0 Å². The summed E-state index contributed by atoms with van der Waals surface area (Å²) in [6.07, 6.45) is 2.01. The lowest BCUT2D eigenvalue weighted by Gasteiger charge is -2.18. The molecule has 3 aromatic rings. The highest BCUT2D eigenvalue weighted by molar-refractivity contribution is 7.89. The fourth-order valence-corrected chi connectivity index (χ4v) is 4.76. The molecular weight excluding hydrogens is 392 g/mol. The molecule has 3 N–H and O–H groups in total. The molecule has 1 saturated heterocycles. The molecule has 1 amide bonds. The zero-order valence-corrected chi connectivity index (χ0v) is 16.3. The molecule has 2 aromatic carbocycles. The number of hydrogen-bond acceptors (Lipinski definition) is 6. The van der Waals surface area contributed by atoms with E-state index in [-0.39, 0.29) is 16.5 Å². The number of nitrogens with zero attached hydrogens (tertiary/aromatic N) is 2. The average Bonchev–Trinajstić information content (AvgIpc) is 3.20. The molecule has 1 atom stereocenters. The SMILES string of the molecule is O=C(NO)c1ccc(N2CCC(NS(=O)(=O)c3ccc4ccccc4c3)C2)nc1. The van der Waals surface area contributed by atoms with Crippen molar-refractivity contribution >= 4 is 32.5 Å². The van der Waals surface area contributed by atoms with Crippen molar-refractivity contribution in [3.8, 4) is 0 Å². The number of pyridine rings is 1. The van der Waals surface area contributed by atoms with Crippen molar-refractivity contribution in [1.82, 2.24) is 15.2 Å². The Bertz CT molecular complexity index is 1150. The summed E-state index contributed by atoms with van der Waals surface area (Å²) in [5.74, 6) is 0.0124. The molecule has 0 saturated carbocycles. The number of carbonyl (C=O) groups excluding carboxylic acids is 1. The van der Waals surface area contributed by atoms with Gasteiger partial charge in [-0.05, 0) is 41.5 Å². The van der Waals surface area contributed by atoms with Crippen molar-refractivity contribution in [2.75, 3.05) is 18.0 Å². The molecule has 0 aliphatic carbocycles. The van der Waals surface area contributed by atoms with Gasteiger partial charge in [0.15, 0.2) is 0 Å². The minimum atomic E-state index is -3.64. The van der Waals surface area contributed by atoms with Crippen molar-refractivity contribution < 1.29 is 18.4 Å². The number of fused-ring (bicyclic) bond motifs is 1. The molecule has 150 valence electrons. The van der Waals surface area contributed by atoms with Gasteiger partial charge in [-0.25, -0.2) is 23.6 Å². The molecular formula is C20H20N4O4S. The second kappa shape index (κ2) is 7.78. The van der Waals surface area contributed by atoms with Crippen molar-refractivity contribution in [2.45, 2.75) is 17.4 Å². The molecule has 1 fully saturated rings. The summed E-state index contributed by atoms with van der Waals surface area (Å²) < 4.78 is 28.4. The van der Waals surface area contributed by atoms with E-state index in [0.717, 1.165) is 10.8 Å². The molecule has 8 nitrogen and oxygen atoms in total. The van der Waals surface area contributed by atoms with Crippen molar-refractivity contribution in [3.63, 3.8) is 0 Å². The van der Waals surface area contributed by atoms with Gasteiger partial charge in [0.05, 0.1) is 10.5 Å². The van der Waals surface area contributed by atoms with Crippen LogP contribution in [0.15, 0.2) is 65.7 Å². The lowest BCUT2D eigenvalue weighted by atomic mass is 10.1. The normalized spacial score (nSPS) is 16.9. The zero-order valence-electron chi connectivity index (χ0n) is 15.4. The Labute approximate surface area is 168 Å². The fraction of sp³-hybridized carbons (Fsp3) is 0.200. The molecule has 1 aromatic heterocycles. The monoisotopic (exact) mass is 412 g/mol. The second-order valence-electron chi connectivity index (χ2n) is 6.91. The van der Waals surface area contributed by atoms with Gasteiger partial charge in [-0.1, -0.05) is 30.3 Å². The number of hydrogen-bond donors (Lipinski definition) is 3. The van der Waals surface area contributed by atoms with Gasteiger partial charge < -0.3 is 4.90 Å². The van der Waals surface area contributed by atoms with E-state index in [1.54, 1.807) is 35.8 Å². The Kier molecular flexibility index (Phi) is 5.18. The molecule has 1 unspecified atom stereocenters. The maximum Gasteiger partial charge on any atom is 0.276 e. The molecule has 4 rings (SSSR count). The van der Waals surface area contributed by atoms with Gasteiger partial charge in [-0.3, -0.25) is 10.0 Å². The number of aromatic nitrogens is 1. The summed E-state index contributed by atoms with van der Waals surface area (Å²) >= 11 is 0. The van der Waals surface area contributed by atoms with E-state index in [2.05, 4.69) is 9.71 Å². The molecule has 1 aliphatic rings. The van der Waals surface area contributed by atoms with Crippen LogP contribution in [-0.2, 0) is 10.0 Å². The van der Waals surface area contributed by atoms with Gasteiger partial charge in [-0.2, -0.15) is 0 Å². The van der Waals surface area contributed by atoms with Crippen LogP contribution in [0.2, 0.25) is 0 Å². The minimum Gasteiger partial charge on any atom is -0.355 e. The largest absolute Gasteiger partial charge is 0.355 e. The standard InChI is InChI=1S/C20H20N4O4S/c25-20(22-26)16-6-8-19(21-12-16)24-10-9-17(13-24)23-29(27,28)18-7-5-14-3-1-2-4-15(14)11-18/h1-8,11-12,17,23,26H,9-10,13H2,(H,22,25). The van der Waals surface area contributed by atoms with Gasteiger partial charge in [0.1, 0.15) is 5.82 Å². The Hall–Kier alpha value is -3.01. The molecule has 0 spiro atoms. The van der Waals surface area contributed by atoms with E-state index in [4.69, 9.17) is 5.21 Å². The van der Waals surface area contributed by atoms with Gasteiger partial charge in [0.2, 0.25) is 10.0 Å². The minimum absolute atomic E-state index is 0.240. The summed E-state index contributed by atoms with van der Waals surface area (Å²) in [6, 6.07) is 15.7. The Balaban J connectivity index is 1.45. The number of anilines is 1. The van der Waals surface area contributed by atoms with Crippen LogP contribution in [-0.4, -0.2) is 43.6 Å². The maximum absolute atomic E-state index is 12.8. The van der Waals surface area contributed by atoms with E-state index in [0.29, 0.717) is 25.3 Å². The smallest absolute Gasteiger partial charge is 0.276 e. The second-order valence-corrected chi connectivity index (χ2v) is 8.62. The third-order valence-electron chi connectivity index (χ3n) is 4.98. The number of nitrogens with one attached hydrogen (secondary N) is 2. The van der Waals surface area contributed by atoms with Gasteiger partial charge in [0, 0.05) is 25.3 Å². The molecule has 0 radical (unpaired) electrons. The summed E-state index contributed by atoms with van der Waals surface area (Å²) in [5, 5.41) is 10.5. The van der Waals surface area contributed by atoms with E-state index < -0.39 is 15.9 Å². The van der Waals surface area contributed by atoms with Crippen molar-refractivity contribution in [2.24, 2.45) is 0 Å². The number of benzene rings is 2. The first kappa shape index (κ1) is 19.3. The molecule has 0 bridgehead atoms. The van der Waals surface area contributed by atoms with E-state index >= 15 is 0 Å². The van der Waals surface area contributed by atoms with E-state index in [9.17, 15) is 13.2 Å². The highest BCUT2D eigenvalue weighted by atomic mass is 32.2. The Morgan fingerprint density at radius 3 is 2.62 bits per heavy atom. The topological polar surface area (TPSA) is 112 Å². The fourth-order valence-electron chi connectivity index (χ4n) is 3.46. The van der Waals surface area contributed by atoms with E-state index in [1.165, 1.54) is 6.20 Å². The van der Waals surface area contributed by atoms with Crippen LogP contribution >= 0.6 is 0 Å². The predicted octanol–water partition coefficient (Wildman–Crippen LogP) is 1.91. The number of rotatable bonds is 5. The predicted molar refractivity (Wildman–Crippen MR) is 108 cm³/mol. The first-order valence-corrected chi connectivity index (χ1v) is 10.6. The number of sulfonamides is 1. The Morgan fingerprint density at radius 1 is 1.10 bits per heavy atom. The van der Waals surface area contributed by atoms with Gasteiger partial charge in [0.25, 0.3) is 5.91 Å². The lowest BCUT2D eigenvalue weighted by Crippen LogP contribution is -2.37. The number of amides is 1. The molecule has 1 aliphatic heterocycles. The van der Waals surface area contributed by atoms with Crippen LogP contribution in [0, 0.1) is 0 Å². The van der Waals surface area contributed by atoms with Crippen molar-refractivity contribution in [3.05, 3.63) is 66.4 Å². The van der Waals surface area contributed by atoms with Crippen molar-refractivity contribution in [1.29, 1.82) is 0 Å². The Morgan fingerprint density at radius 2 is 1.90 bits per heavy atom. The third-order valence-corrected chi connectivity index (χ3v) is 6.50. The van der Waals surface area contributed by atoms with Gasteiger partial charge in [-0.15, -0.1) is 0 Å². The van der Waals surface area contributed by atoms with Crippen LogP contribution in [0.4, 0.5) is 5.82 Å².